The van der Waals surface area contributed by atoms with Crippen molar-refractivity contribution in [3.8, 4) is 0 Å². The van der Waals surface area contributed by atoms with E-state index in [9.17, 15) is 4.79 Å². The molecule has 0 bridgehead atoms. The highest BCUT2D eigenvalue weighted by Gasteiger charge is 2.20. The topological polar surface area (TPSA) is 88.2 Å². The number of hydrogen-bond donors (Lipinski definition) is 2. The maximum Gasteiger partial charge on any atom is 0.276 e. The van der Waals surface area contributed by atoms with Crippen molar-refractivity contribution in [3.63, 3.8) is 0 Å². The molecule has 1 amide bonds. The molecule has 0 saturated heterocycles. The van der Waals surface area contributed by atoms with Gasteiger partial charge in [-0.3, -0.25) is 9.89 Å². The van der Waals surface area contributed by atoms with Crippen LogP contribution in [0.2, 0.25) is 0 Å². The van der Waals surface area contributed by atoms with E-state index in [1.54, 1.807) is 14.0 Å². The molecule has 0 unspecified atom stereocenters. The Morgan fingerprint density at radius 2 is 2.22 bits per heavy atom. The summed E-state index contributed by atoms with van der Waals surface area (Å²) in [7, 11) is 1.68. The van der Waals surface area contributed by atoms with E-state index >= 15 is 0 Å². The first-order valence-corrected chi connectivity index (χ1v) is 5.60. The first-order chi connectivity index (χ1) is 8.49. The summed E-state index contributed by atoms with van der Waals surface area (Å²) in [6.45, 7) is 4.02. The third kappa shape index (κ3) is 2.22. The van der Waals surface area contributed by atoms with E-state index in [-0.39, 0.29) is 11.6 Å². The minimum absolute atomic E-state index is 0.231. The first-order valence-electron chi connectivity index (χ1n) is 5.60. The van der Waals surface area contributed by atoms with Gasteiger partial charge >= 0.3 is 0 Å². The van der Waals surface area contributed by atoms with Gasteiger partial charge in [0.1, 0.15) is 11.5 Å². The van der Waals surface area contributed by atoms with Crippen LogP contribution in [0.15, 0.2) is 16.5 Å². The molecule has 0 aliphatic heterocycles. The van der Waals surface area contributed by atoms with Gasteiger partial charge in [-0.05, 0) is 26.0 Å². The van der Waals surface area contributed by atoms with Gasteiger partial charge in [0.05, 0.1) is 17.9 Å². The second kappa shape index (κ2) is 4.56. The quantitative estimate of drug-likeness (QED) is 0.861. The Balaban J connectivity index is 2.12. The molecule has 0 spiro atoms. The number of nitrogens with one attached hydrogen (secondary N) is 1. The maximum atomic E-state index is 12.1. The fraction of sp³-hybridized carbons (Fsp3) is 0.333. The zero-order valence-corrected chi connectivity index (χ0v) is 10.7. The molecule has 6 heteroatoms. The molecule has 96 valence electrons. The first kappa shape index (κ1) is 12.2. The summed E-state index contributed by atoms with van der Waals surface area (Å²) in [6, 6.07) is 3.71. The number of aryl methyl sites for hydroxylation is 2. The van der Waals surface area contributed by atoms with Gasteiger partial charge < -0.3 is 15.1 Å². The van der Waals surface area contributed by atoms with E-state index in [4.69, 9.17) is 10.2 Å². The summed E-state index contributed by atoms with van der Waals surface area (Å²) >= 11 is 0. The number of anilines is 1. The highest BCUT2D eigenvalue weighted by atomic mass is 16.3. The third-order valence-corrected chi connectivity index (χ3v) is 2.73. The Kier molecular flexibility index (Phi) is 3.10. The number of aromatic nitrogens is 2. The second-order valence-corrected chi connectivity index (χ2v) is 4.28. The molecule has 0 saturated carbocycles. The van der Waals surface area contributed by atoms with Gasteiger partial charge in [0.2, 0.25) is 0 Å². The van der Waals surface area contributed by atoms with Crippen LogP contribution in [0.3, 0.4) is 0 Å². The van der Waals surface area contributed by atoms with Crippen LogP contribution in [0.4, 0.5) is 5.69 Å². The lowest BCUT2D eigenvalue weighted by molar-refractivity contribution is 0.0770. The highest BCUT2D eigenvalue weighted by molar-refractivity contribution is 5.97. The molecule has 0 fully saturated rings. The monoisotopic (exact) mass is 248 g/mol. The summed E-state index contributed by atoms with van der Waals surface area (Å²) < 4.78 is 5.42. The largest absolute Gasteiger partial charge is 0.464 e. The average Bonchev–Trinajstić information content (AvgIpc) is 2.87. The Labute approximate surface area is 105 Å². The number of hydrogen-bond acceptors (Lipinski definition) is 4. The zero-order valence-electron chi connectivity index (χ0n) is 10.7. The van der Waals surface area contributed by atoms with Gasteiger partial charge in [-0.25, -0.2) is 0 Å². The number of furan rings is 1. The van der Waals surface area contributed by atoms with Crippen LogP contribution in [-0.2, 0) is 6.54 Å². The molecule has 18 heavy (non-hydrogen) atoms. The molecule has 2 rings (SSSR count). The molecule has 2 aromatic heterocycles. The van der Waals surface area contributed by atoms with Crippen molar-refractivity contribution in [2.45, 2.75) is 20.4 Å². The van der Waals surface area contributed by atoms with Crippen LogP contribution in [0.5, 0.6) is 0 Å². The SMILES string of the molecule is Cc1ccc(CN(C)C(=O)c2n[nH]c(C)c2N)o1. The predicted molar refractivity (Wildman–Crippen MR) is 67.0 cm³/mol. The van der Waals surface area contributed by atoms with Gasteiger partial charge in [-0.2, -0.15) is 5.10 Å². The van der Waals surface area contributed by atoms with Crippen LogP contribution >= 0.6 is 0 Å². The second-order valence-electron chi connectivity index (χ2n) is 4.28. The minimum Gasteiger partial charge on any atom is -0.464 e. The van der Waals surface area contributed by atoms with E-state index in [0.29, 0.717) is 17.9 Å². The molecule has 2 aromatic rings. The third-order valence-electron chi connectivity index (χ3n) is 2.73. The molecule has 0 atom stereocenters. The fourth-order valence-electron chi connectivity index (χ4n) is 1.66. The standard InChI is InChI=1S/C12H16N4O2/c1-7-4-5-9(18-7)6-16(3)12(17)11-10(13)8(2)14-15-11/h4-5H,6,13H2,1-3H3,(H,14,15). The number of nitrogen functional groups attached to an aromatic ring is 1. The van der Waals surface area contributed by atoms with Crippen molar-refractivity contribution < 1.29 is 9.21 Å². The van der Waals surface area contributed by atoms with Crippen LogP contribution in [0.25, 0.3) is 0 Å². The van der Waals surface area contributed by atoms with E-state index < -0.39 is 0 Å². The van der Waals surface area contributed by atoms with Gasteiger partial charge in [-0.15, -0.1) is 0 Å². The molecule has 0 aromatic carbocycles. The summed E-state index contributed by atoms with van der Waals surface area (Å²) in [5, 5.41) is 6.61. The predicted octanol–water partition coefficient (Wildman–Crippen LogP) is 1.47. The van der Waals surface area contributed by atoms with Crippen molar-refractivity contribution in [3.05, 3.63) is 35.0 Å². The number of nitrogens with two attached hydrogens (primary N) is 1. The Morgan fingerprint density at radius 1 is 1.50 bits per heavy atom. The van der Waals surface area contributed by atoms with E-state index in [0.717, 1.165) is 11.5 Å². The molecule has 6 nitrogen and oxygen atoms in total. The molecular formula is C12H16N4O2. The van der Waals surface area contributed by atoms with Gasteiger partial charge in [0.15, 0.2) is 5.69 Å². The van der Waals surface area contributed by atoms with E-state index in [1.807, 2.05) is 19.1 Å². The summed E-state index contributed by atoms with van der Waals surface area (Å²) in [6.07, 6.45) is 0. The number of nitrogens with zero attached hydrogens (tertiary/aromatic N) is 2. The van der Waals surface area contributed by atoms with Crippen molar-refractivity contribution in [1.29, 1.82) is 0 Å². The molecule has 0 radical (unpaired) electrons. The van der Waals surface area contributed by atoms with E-state index in [2.05, 4.69) is 10.2 Å². The normalized spacial score (nSPS) is 10.6. The number of carbonyl (C=O) groups is 1. The van der Waals surface area contributed by atoms with Gasteiger partial charge in [0.25, 0.3) is 5.91 Å². The zero-order chi connectivity index (χ0) is 13.3. The summed E-state index contributed by atoms with van der Waals surface area (Å²) in [4.78, 5) is 13.6. The number of amides is 1. The number of aromatic amines is 1. The molecule has 0 aliphatic rings. The number of carbonyl (C=O) groups excluding carboxylic acids is 1. The lowest BCUT2D eigenvalue weighted by Crippen LogP contribution is -2.27. The van der Waals surface area contributed by atoms with Crippen LogP contribution in [0, 0.1) is 13.8 Å². The Morgan fingerprint density at radius 3 is 2.72 bits per heavy atom. The summed E-state index contributed by atoms with van der Waals surface area (Å²) in [5.74, 6) is 1.32. The summed E-state index contributed by atoms with van der Waals surface area (Å²) in [5.41, 5.74) is 7.11. The number of H-pyrrole nitrogens is 1. The van der Waals surface area contributed by atoms with E-state index in [1.165, 1.54) is 4.90 Å². The maximum absolute atomic E-state index is 12.1. The van der Waals surface area contributed by atoms with Crippen molar-refractivity contribution in [2.24, 2.45) is 0 Å². The van der Waals surface area contributed by atoms with Gasteiger partial charge in [0, 0.05) is 7.05 Å². The lowest BCUT2D eigenvalue weighted by Gasteiger charge is -2.14. The molecular weight excluding hydrogens is 232 g/mol. The smallest absolute Gasteiger partial charge is 0.276 e. The van der Waals surface area contributed by atoms with Crippen molar-refractivity contribution in [2.75, 3.05) is 12.8 Å². The lowest BCUT2D eigenvalue weighted by atomic mass is 10.2. The van der Waals surface area contributed by atoms with Crippen LogP contribution in [-0.4, -0.2) is 28.1 Å². The Bertz CT molecular complexity index is 570. The Hall–Kier alpha value is -2.24. The minimum atomic E-state index is -0.231. The van der Waals surface area contributed by atoms with Crippen LogP contribution in [0.1, 0.15) is 27.7 Å². The van der Waals surface area contributed by atoms with Crippen molar-refractivity contribution in [1.82, 2.24) is 15.1 Å². The molecule has 3 N–H and O–H groups in total. The highest BCUT2D eigenvalue weighted by Crippen LogP contribution is 2.16. The van der Waals surface area contributed by atoms with Gasteiger partial charge in [-0.1, -0.05) is 0 Å². The molecule has 0 aliphatic carbocycles. The van der Waals surface area contributed by atoms with Crippen molar-refractivity contribution >= 4 is 11.6 Å². The average molecular weight is 248 g/mol. The molecule has 2 heterocycles. The van der Waals surface area contributed by atoms with Crippen LogP contribution < -0.4 is 5.73 Å². The number of rotatable bonds is 3. The fourth-order valence-corrected chi connectivity index (χ4v) is 1.66.